The van der Waals surface area contributed by atoms with Gasteiger partial charge in [-0.3, -0.25) is 9.59 Å². The minimum Gasteiger partial charge on any atom is -0.466 e. The van der Waals surface area contributed by atoms with Crippen LogP contribution >= 0.6 is 0 Å². The minimum absolute atomic E-state index is 0.148. The molecule has 6 heteroatoms. The van der Waals surface area contributed by atoms with Crippen molar-refractivity contribution in [1.82, 2.24) is 0 Å². The van der Waals surface area contributed by atoms with Gasteiger partial charge in [-0.15, -0.1) is 0 Å². The topological polar surface area (TPSA) is 87.9 Å². The molecule has 0 spiro atoms. The van der Waals surface area contributed by atoms with Crippen molar-refractivity contribution in [2.75, 3.05) is 26.4 Å². The first kappa shape index (κ1) is 14.9. The molecule has 0 aromatic heterocycles. The van der Waals surface area contributed by atoms with Crippen LogP contribution in [0, 0.1) is 5.41 Å². The van der Waals surface area contributed by atoms with E-state index in [2.05, 4.69) is 0 Å². The minimum atomic E-state index is -0.812. The highest BCUT2D eigenvalue weighted by molar-refractivity contribution is 5.78. The van der Waals surface area contributed by atoms with Gasteiger partial charge in [0.2, 0.25) is 0 Å². The first-order valence-corrected chi connectivity index (χ1v) is 6.22. The van der Waals surface area contributed by atoms with Crippen LogP contribution in [0.25, 0.3) is 0 Å². The van der Waals surface area contributed by atoms with Crippen LogP contribution in [-0.2, 0) is 23.8 Å². The summed E-state index contributed by atoms with van der Waals surface area (Å²) in [6.45, 7) is 4.50. The van der Waals surface area contributed by atoms with Crippen molar-refractivity contribution in [3.63, 3.8) is 0 Å². The van der Waals surface area contributed by atoms with Gasteiger partial charge >= 0.3 is 11.9 Å². The number of nitrogens with two attached hydrogens (primary N) is 1. The number of carbonyl (C=O) groups excluding carboxylic acids is 2. The van der Waals surface area contributed by atoms with Gasteiger partial charge in [-0.25, -0.2) is 0 Å². The third-order valence-corrected chi connectivity index (χ3v) is 3.01. The molecule has 1 heterocycles. The molecule has 0 amide bonds. The monoisotopic (exact) mass is 259 g/mol. The molecule has 0 radical (unpaired) electrons. The zero-order valence-corrected chi connectivity index (χ0v) is 10.9. The Morgan fingerprint density at radius 1 is 1.33 bits per heavy atom. The fourth-order valence-corrected chi connectivity index (χ4v) is 2.02. The van der Waals surface area contributed by atoms with E-state index >= 15 is 0 Å². The smallest absolute Gasteiger partial charge is 0.315 e. The van der Waals surface area contributed by atoms with Gasteiger partial charge in [-0.1, -0.05) is 0 Å². The largest absolute Gasteiger partial charge is 0.466 e. The van der Waals surface area contributed by atoms with E-state index in [-0.39, 0.29) is 37.6 Å². The second kappa shape index (κ2) is 6.70. The van der Waals surface area contributed by atoms with Crippen LogP contribution in [-0.4, -0.2) is 44.4 Å². The first-order valence-electron chi connectivity index (χ1n) is 6.22. The average molecular weight is 259 g/mol. The zero-order chi connectivity index (χ0) is 13.6. The van der Waals surface area contributed by atoms with Gasteiger partial charge < -0.3 is 19.9 Å². The molecule has 104 valence electrons. The van der Waals surface area contributed by atoms with Crippen LogP contribution in [0.2, 0.25) is 0 Å². The number of carbonyl (C=O) groups is 2. The van der Waals surface area contributed by atoms with Crippen LogP contribution in [0.4, 0.5) is 0 Å². The molecule has 1 fully saturated rings. The molecule has 0 unspecified atom stereocenters. The van der Waals surface area contributed by atoms with Crippen molar-refractivity contribution in [3.8, 4) is 0 Å². The molecule has 1 aliphatic rings. The van der Waals surface area contributed by atoms with E-state index in [1.54, 1.807) is 13.8 Å². The lowest BCUT2D eigenvalue weighted by molar-refractivity contribution is -0.154. The summed E-state index contributed by atoms with van der Waals surface area (Å²) in [6, 6.07) is 0. The number of hydrogen-bond acceptors (Lipinski definition) is 6. The zero-order valence-electron chi connectivity index (χ0n) is 10.9. The van der Waals surface area contributed by atoms with Crippen molar-refractivity contribution >= 4 is 11.9 Å². The Kier molecular flexibility index (Phi) is 5.55. The molecule has 18 heavy (non-hydrogen) atoms. The average Bonchev–Trinajstić information content (AvgIpc) is 2.74. The number of ether oxygens (including phenoxy) is 3. The standard InChI is InChI=1S/C12H21NO5/c1-3-16-10(14)5-9-6-12(7-13,8-18-9)11(15)17-4-2/h9H,3-8,13H2,1-2H3/t9-,12+/m1/s1. The first-order chi connectivity index (χ1) is 8.57. The molecule has 2 atom stereocenters. The van der Waals surface area contributed by atoms with Crippen LogP contribution in [0.5, 0.6) is 0 Å². The Labute approximate surface area is 107 Å². The number of hydrogen-bond donors (Lipinski definition) is 1. The third kappa shape index (κ3) is 3.43. The fraction of sp³-hybridized carbons (Fsp3) is 0.833. The molecule has 6 nitrogen and oxygen atoms in total. The highest BCUT2D eigenvalue weighted by Gasteiger charge is 2.47. The maximum atomic E-state index is 11.9. The summed E-state index contributed by atoms with van der Waals surface area (Å²) < 4.78 is 15.3. The fourth-order valence-electron chi connectivity index (χ4n) is 2.02. The lowest BCUT2D eigenvalue weighted by Crippen LogP contribution is -2.40. The quantitative estimate of drug-likeness (QED) is 0.687. The summed E-state index contributed by atoms with van der Waals surface area (Å²) in [5.74, 6) is -0.668. The Bertz CT molecular complexity index is 307. The third-order valence-electron chi connectivity index (χ3n) is 3.01. The maximum absolute atomic E-state index is 11.9. The summed E-state index contributed by atoms with van der Waals surface area (Å²) in [5.41, 5.74) is 4.84. The van der Waals surface area contributed by atoms with Gasteiger partial charge in [0.05, 0.1) is 32.3 Å². The predicted molar refractivity (Wildman–Crippen MR) is 63.7 cm³/mol. The number of esters is 2. The highest BCUT2D eigenvalue weighted by atomic mass is 16.5. The van der Waals surface area contributed by atoms with Gasteiger partial charge in [0.15, 0.2) is 0 Å². The van der Waals surface area contributed by atoms with Gasteiger partial charge in [0.1, 0.15) is 5.41 Å². The van der Waals surface area contributed by atoms with Crippen molar-refractivity contribution in [1.29, 1.82) is 0 Å². The Morgan fingerprint density at radius 3 is 2.56 bits per heavy atom. The van der Waals surface area contributed by atoms with Crippen LogP contribution < -0.4 is 5.73 Å². The summed E-state index contributed by atoms with van der Waals surface area (Å²) in [5, 5.41) is 0. The molecule has 1 rings (SSSR count). The van der Waals surface area contributed by atoms with E-state index in [1.165, 1.54) is 0 Å². The normalized spacial score (nSPS) is 26.9. The Balaban J connectivity index is 2.56. The van der Waals surface area contributed by atoms with E-state index in [0.717, 1.165) is 0 Å². The summed E-state index contributed by atoms with van der Waals surface area (Å²) in [6.07, 6.45) is 0.230. The van der Waals surface area contributed by atoms with Crippen LogP contribution in [0.15, 0.2) is 0 Å². The predicted octanol–water partition coefficient (Wildman–Crippen LogP) is 0.237. The molecular formula is C12H21NO5. The lowest BCUT2D eigenvalue weighted by atomic mass is 9.85. The Morgan fingerprint density at radius 2 is 2.00 bits per heavy atom. The highest BCUT2D eigenvalue weighted by Crippen LogP contribution is 2.34. The SMILES string of the molecule is CCOC(=O)C[C@@H]1C[C@@](CN)(C(=O)OCC)CO1. The molecule has 2 N–H and O–H groups in total. The lowest BCUT2D eigenvalue weighted by Gasteiger charge is -2.22. The Hall–Kier alpha value is -1.14. The maximum Gasteiger partial charge on any atom is 0.315 e. The van der Waals surface area contributed by atoms with E-state index in [0.29, 0.717) is 19.6 Å². The molecule has 0 aromatic carbocycles. The van der Waals surface area contributed by atoms with Crippen molar-refractivity contribution < 1.29 is 23.8 Å². The number of rotatable bonds is 6. The molecule has 1 saturated heterocycles. The van der Waals surface area contributed by atoms with Gasteiger partial charge in [0.25, 0.3) is 0 Å². The second-order valence-electron chi connectivity index (χ2n) is 4.35. The summed E-state index contributed by atoms with van der Waals surface area (Å²) in [4.78, 5) is 23.2. The summed E-state index contributed by atoms with van der Waals surface area (Å²) >= 11 is 0. The second-order valence-corrected chi connectivity index (χ2v) is 4.35. The van der Waals surface area contributed by atoms with Crippen molar-refractivity contribution in [2.45, 2.75) is 32.8 Å². The molecule has 0 aliphatic carbocycles. The van der Waals surface area contributed by atoms with E-state index < -0.39 is 5.41 Å². The van der Waals surface area contributed by atoms with Crippen molar-refractivity contribution in [3.05, 3.63) is 0 Å². The van der Waals surface area contributed by atoms with E-state index in [9.17, 15) is 9.59 Å². The van der Waals surface area contributed by atoms with Gasteiger partial charge in [-0.05, 0) is 20.3 Å². The molecular weight excluding hydrogens is 238 g/mol. The van der Waals surface area contributed by atoms with Gasteiger partial charge in [-0.2, -0.15) is 0 Å². The van der Waals surface area contributed by atoms with E-state index in [1.807, 2.05) is 0 Å². The molecule has 0 saturated carbocycles. The molecule has 0 aromatic rings. The molecule has 1 aliphatic heterocycles. The van der Waals surface area contributed by atoms with E-state index in [4.69, 9.17) is 19.9 Å². The van der Waals surface area contributed by atoms with Crippen LogP contribution in [0.3, 0.4) is 0 Å². The van der Waals surface area contributed by atoms with Crippen molar-refractivity contribution in [2.24, 2.45) is 11.1 Å². The van der Waals surface area contributed by atoms with Crippen LogP contribution in [0.1, 0.15) is 26.7 Å². The molecule has 0 bridgehead atoms. The van der Waals surface area contributed by atoms with Gasteiger partial charge in [0, 0.05) is 6.54 Å². The summed E-state index contributed by atoms with van der Waals surface area (Å²) in [7, 11) is 0.